The summed E-state index contributed by atoms with van der Waals surface area (Å²) < 4.78 is 10.9. The molecule has 4 rings (SSSR count). The van der Waals surface area contributed by atoms with E-state index in [1.807, 2.05) is 13.8 Å². The van der Waals surface area contributed by atoms with Crippen LogP contribution in [0.25, 0.3) is 0 Å². The van der Waals surface area contributed by atoms with Gasteiger partial charge in [0.2, 0.25) is 0 Å². The SMILES string of the molecule is COc1ccc(CN(C)Cc2n[nH]c3c2CCCC3)cc1Cc1c(C)noc1C. The van der Waals surface area contributed by atoms with Gasteiger partial charge in [0.05, 0.1) is 18.5 Å². The predicted octanol–water partition coefficient (Wildman–Crippen LogP) is 4.12. The number of fused-ring (bicyclic) bond motifs is 1. The molecule has 2 aromatic heterocycles. The molecule has 0 amide bonds. The van der Waals surface area contributed by atoms with E-state index in [2.05, 4.69) is 45.5 Å². The highest BCUT2D eigenvalue weighted by atomic mass is 16.5. The minimum Gasteiger partial charge on any atom is -0.496 e. The van der Waals surface area contributed by atoms with Crippen LogP contribution in [0.3, 0.4) is 0 Å². The monoisotopic (exact) mass is 394 g/mol. The van der Waals surface area contributed by atoms with Gasteiger partial charge in [-0.2, -0.15) is 5.10 Å². The second-order valence-electron chi connectivity index (χ2n) is 8.13. The summed E-state index contributed by atoms with van der Waals surface area (Å²) in [4.78, 5) is 2.33. The van der Waals surface area contributed by atoms with E-state index in [1.165, 1.54) is 35.4 Å². The normalized spacial score (nSPS) is 13.7. The van der Waals surface area contributed by atoms with Crippen LogP contribution < -0.4 is 4.74 Å². The van der Waals surface area contributed by atoms with Crippen molar-refractivity contribution < 1.29 is 9.26 Å². The molecule has 0 bridgehead atoms. The molecule has 0 radical (unpaired) electrons. The molecule has 0 saturated carbocycles. The lowest BCUT2D eigenvalue weighted by Crippen LogP contribution is -2.19. The summed E-state index contributed by atoms with van der Waals surface area (Å²) in [5, 5.41) is 11.9. The van der Waals surface area contributed by atoms with Crippen LogP contribution in [-0.4, -0.2) is 34.4 Å². The summed E-state index contributed by atoms with van der Waals surface area (Å²) in [5.41, 5.74) is 8.48. The smallest absolute Gasteiger partial charge is 0.137 e. The Bertz CT molecular complexity index is 969. The Kier molecular flexibility index (Phi) is 5.72. The molecule has 0 fully saturated rings. The molecule has 0 spiro atoms. The molecule has 0 aliphatic heterocycles. The first-order valence-electron chi connectivity index (χ1n) is 10.4. The van der Waals surface area contributed by atoms with Crippen LogP contribution in [0.5, 0.6) is 5.75 Å². The van der Waals surface area contributed by atoms with Gasteiger partial charge in [0, 0.05) is 30.8 Å². The number of aromatic nitrogens is 3. The van der Waals surface area contributed by atoms with Crippen molar-refractivity contribution >= 4 is 0 Å². The lowest BCUT2D eigenvalue weighted by atomic mass is 9.96. The number of nitrogens with one attached hydrogen (secondary N) is 1. The Morgan fingerprint density at radius 3 is 2.76 bits per heavy atom. The number of nitrogens with zero attached hydrogens (tertiary/aromatic N) is 3. The fourth-order valence-corrected chi connectivity index (χ4v) is 4.32. The van der Waals surface area contributed by atoms with Crippen LogP contribution in [0, 0.1) is 13.8 Å². The Morgan fingerprint density at radius 1 is 1.17 bits per heavy atom. The van der Waals surface area contributed by atoms with Gasteiger partial charge in [-0.3, -0.25) is 10.00 Å². The maximum atomic E-state index is 5.60. The highest BCUT2D eigenvalue weighted by Gasteiger charge is 2.18. The molecule has 0 saturated heterocycles. The van der Waals surface area contributed by atoms with Crippen molar-refractivity contribution in [2.75, 3.05) is 14.2 Å². The first kappa shape index (κ1) is 19.7. The number of hydrogen-bond acceptors (Lipinski definition) is 5. The molecule has 6 nitrogen and oxygen atoms in total. The average molecular weight is 395 g/mol. The van der Waals surface area contributed by atoms with Crippen LogP contribution in [0.2, 0.25) is 0 Å². The number of methoxy groups -OCH3 is 1. The standard InChI is InChI=1S/C23H30N4O2/c1-15-20(16(2)29-26-15)12-18-11-17(9-10-23(18)28-4)13-27(3)14-22-19-7-5-6-8-21(19)24-25-22/h9-11H,5-8,12-14H2,1-4H3,(H,24,25). The molecular formula is C23H30N4O2. The number of aryl methyl sites for hydroxylation is 3. The largest absolute Gasteiger partial charge is 0.496 e. The second-order valence-corrected chi connectivity index (χ2v) is 8.13. The minimum absolute atomic E-state index is 0.759. The third-order valence-corrected chi connectivity index (χ3v) is 5.91. The third-order valence-electron chi connectivity index (χ3n) is 5.91. The Hall–Kier alpha value is -2.60. The van der Waals surface area contributed by atoms with Crippen LogP contribution in [0.4, 0.5) is 0 Å². The summed E-state index contributed by atoms with van der Waals surface area (Å²) in [5.74, 6) is 1.77. The van der Waals surface area contributed by atoms with Gasteiger partial charge in [0.1, 0.15) is 11.5 Å². The van der Waals surface area contributed by atoms with Gasteiger partial charge in [-0.05, 0) is 69.3 Å². The first-order chi connectivity index (χ1) is 14.0. The van der Waals surface area contributed by atoms with Crippen molar-refractivity contribution in [1.29, 1.82) is 0 Å². The summed E-state index contributed by atoms with van der Waals surface area (Å²) >= 11 is 0. The highest BCUT2D eigenvalue weighted by Crippen LogP contribution is 2.27. The van der Waals surface area contributed by atoms with E-state index in [0.717, 1.165) is 60.7 Å². The van der Waals surface area contributed by atoms with Crippen LogP contribution in [0.15, 0.2) is 22.7 Å². The third kappa shape index (κ3) is 4.22. The molecule has 6 heteroatoms. The lowest BCUT2D eigenvalue weighted by molar-refractivity contribution is 0.313. The predicted molar refractivity (Wildman–Crippen MR) is 112 cm³/mol. The van der Waals surface area contributed by atoms with Gasteiger partial charge >= 0.3 is 0 Å². The van der Waals surface area contributed by atoms with Crippen molar-refractivity contribution in [3.8, 4) is 5.75 Å². The summed E-state index contributed by atoms with van der Waals surface area (Å²) in [7, 11) is 3.88. The van der Waals surface area contributed by atoms with Crippen LogP contribution >= 0.6 is 0 Å². The molecule has 3 aromatic rings. The zero-order chi connectivity index (χ0) is 20.4. The minimum atomic E-state index is 0.759. The summed E-state index contributed by atoms with van der Waals surface area (Å²) in [6.45, 7) is 5.67. The van der Waals surface area contributed by atoms with Crippen molar-refractivity contribution in [2.24, 2.45) is 0 Å². The molecule has 1 aliphatic carbocycles. The van der Waals surface area contributed by atoms with Crippen LogP contribution in [0.1, 0.15) is 57.9 Å². The van der Waals surface area contributed by atoms with Crippen molar-refractivity contribution in [1.82, 2.24) is 20.3 Å². The van der Waals surface area contributed by atoms with Crippen LogP contribution in [-0.2, 0) is 32.4 Å². The molecule has 1 aliphatic rings. The van der Waals surface area contributed by atoms with Crippen molar-refractivity contribution in [2.45, 2.75) is 59.0 Å². The second kappa shape index (κ2) is 8.41. The molecular weight excluding hydrogens is 364 g/mol. The zero-order valence-electron chi connectivity index (χ0n) is 17.8. The van der Waals surface area contributed by atoms with E-state index in [4.69, 9.17) is 9.26 Å². The highest BCUT2D eigenvalue weighted by molar-refractivity contribution is 5.42. The van der Waals surface area contributed by atoms with Gasteiger partial charge in [-0.15, -0.1) is 0 Å². The van der Waals surface area contributed by atoms with E-state index in [1.54, 1.807) is 7.11 Å². The van der Waals surface area contributed by atoms with E-state index in [-0.39, 0.29) is 0 Å². The number of hydrogen-bond donors (Lipinski definition) is 1. The number of rotatable bonds is 7. The first-order valence-corrected chi connectivity index (χ1v) is 10.4. The Balaban J connectivity index is 1.49. The average Bonchev–Trinajstić information content (AvgIpc) is 3.26. The quantitative estimate of drug-likeness (QED) is 0.653. The van der Waals surface area contributed by atoms with E-state index in [9.17, 15) is 0 Å². The lowest BCUT2D eigenvalue weighted by Gasteiger charge is -2.19. The molecule has 0 unspecified atom stereocenters. The van der Waals surface area contributed by atoms with Crippen molar-refractivity contribution in [3.63, 3.8) is 0 Å². The molecule has 1 N–H and O–H groups in total. The fraction of sp³-hybridized carbons (Fsp3) is 0.478. The number of aromatic amines is 1. The van der Waals surface area contributed by atoms with Gasteiger partial charge in [-0.1, -0.05) is 17.3 Å². The number of H-pyrrole nitrogens is 1. The Labute approximate surface area is 172 Å². The van der Waals surface area contributed by atoms with Gasteiger partial charge in [0.15, 0.2) is 0 Å². The zero-order valence-corrected chi connectivity index (χ0v) is 17.8. The van der Waals surface area contributed by atoms with E-state index < -0.39 is 0 Å². The molecule has 29 heavy (non-hydrogen) atoms. The van der Waals surface area contributed by atoms with Gasteiger partial charge in [0.25, 0.3) is 0 Å². The topological polar surface area (TPSA) is 67.2 Å². The maximum absolute atomic E-state index is 5.60. The maximum Gasteiger partial charge on any atom is 0.137 e. The Morgan fingerprint density at radius 2 is 2.00 bits per heavy atom. The number of benzene rings is 1. The van der Waals surface area contributed by atoms with Crippen molar-refractivity contribution in [3.05, 3.63) is 63.3 Å². The van der Waals surface area contributed by atoms with E-state index in [0.29, 0.717) is 0 Å². The van der Waals surface area contributed by atoms with Gasteiger partial charge < -0.3 is 9.26 Å². The van der Waals surface area contributed by atoms with Gasteiger partial charge in [-0.25, -0.2) is 0 Å². The fourth-order valence-electron chi connectivity index (χ4n) is 4.32. The summed E-state index contributed by atoms with van der Waals surface area (Å²) in [6.07, 6.45) is 5.58. The molecule has 154 valence electrons. The molecule has 2 heterocycles. The molecule has 1 aromatic carbocycles. The summed E-state index contributed by atoms with van der Waals surface area (Å²) in [6, 6.07) is 6.44. The number of ether oxygens (including phenoxy) is 1. The van der Waals surface area contributed by atoms with E-state index >= 15 is 0 Å². The molecule has 0 atom stereocenters.